The summed E-state index contributed by atoms with van der Waals surface area (Å²) in [5.41, 5.74) is 2.00. The number of amides is 2. The van der Waals surface area contributed by atoms with Crippen LogP contribution in [0, 0.1) is 5.82 Å². The molecule has 2 N–H and O–H groups in total. The zero-order valence-electron chi connectivity index (χ0n) is 19.0. The largest absolute Gasteiger partial charge is 0.364 e. The van der Waals surface area contributed by atoms with Crippen molar-refractivity contribution in [1.82, 2.24) is 15.6 Å². The molecule has 0 saturated heterocycles. The number of ketones is 1. The molecule has 0 aliphatic carbocycles. The molecule has 0 spiro atoms. The summed E-state index contributed by atoms with van der Waals surface area (Å²) in [6, 6.07) is 16.9. The number of hydrogen-bond acceptors (Lipinski definition) is 5. The second-order valence-electron chi connectivity index (χ2n) is 7.85. The number of Topliss-reactive ketones (excluding diaryl/α,β-unsaturated/α-hetero) is 1. The Morgan fingerprint density at radius 3 is 2.37 bits per heavy atom. The molecule has 182 valence electrons. The second kappa shape index (κ2) is 12.7. The summed E-state index contributed by atoms with van der Waals surface area (Å²) < 4.78 is 18.6. The molecule has 0 fully saturated rings. The normalized spacial score (nSPS) is 12.4. The van der Waals surface area contributed by atoms with Crippen molar-refractivity contribution in [3.8, 4) is 0 Å². The molecule has 7 nitrogen and oxygen atoms in total. The first-order valence-electron chi connectivity index (χ1n) is 10.9. The van der Waals surface area contributed by atoms with E-state index in [1.807, 2.05) is 6.07 Å². The standard InChI is InChI=1S/C26H25ClFN3O4/c1-17(35-16-19-7-10-21(28)11-8-19)25(33)31-23(13-18-5-3-2-4-6-18)24(32)26(34)30-15-22-12-9-20(27)14-29-22/h2-12,14,17,23H,13,15-16H2,1H3,(H,30,34)(H,31,33)/t17-,23-/m1/s1. The van der Waals surface area contributed by atoms with Gasteiger partial charge in [0.2, 0.25) is 11.7 Å². The Hall–Kier alpha value is -3.62. The molecule has 0 aliphatic heterocycles. The smallest absolute Gasteiger partial charge is 0.289 e. The molecule has 0 bridgehead atoms. The third kappa shape index (κ3) is 8.27. The fourth-order valence-corrected chi connectivity index (χ4v) is 3.26. The van der Waals surface area contributed by atoms with Gasteiger partial charge in [0.05, 0.1) is 23.9 Å². The lowest BCUT2D eigenvalue weighted by Gasteiger charge is -2.20. The van der Waals surface area contributed by atoms with Crippen molar-refractivity contribution >= 4 is 29.2 Å². The van der Waals surface area contributed by atoms with Gasteiger partial charge in [0.25, 0.3) is 5.91 Å². The van der Waals surface area contributed by atoms with Gasteiger partial charge in [-0.05, 0) is 42.3 Å². The molecule has 35 heavy (non-hydrogen) atoms. The number of halogens is 2. The van der Waals surface area contributed by atoms with Gasteiger partial charge in [0.1, 0.15) is 18.0 Å². The number of carbonyl (C=O) groups is 3. The van der Waals surface area contributed by atoms with Crippen LogP contribution >= 0.6 is 11.6 Å². The van der Waals surface area contributed by atoms with Crippen LogP contribution in [-0.2, 0) is 38.7 Å². The molecular formula is C26H25ClFN3O4. The van der Waals surface area contributed by atoms with Crippen LogP contribution in [-0.4, -0.2) is 34.7 Å². The molecule has 9 heteroatoms. The van der Waals surface area contributed by atoms with Crippen molar-refractivity contribution < 1.29 is 23.5 Å². The number of nitrogens with zero attached hydrogens (tertiary/aromatic N) is 1. The van der Waals surface area contributed by atoms with Crippen molar-refractivity contribution in [2.24, 2.45) is 0 Å². The summed E-state index contributed by atoms with van der Waals surface area (Å²) in [5.74, 6) is -2.55. The predicted molar refractivity (Wildman–Crippen MR) is 129 cm³/mol. The van der Waals surface area contributed by atoms with Crippen LogP contribution in [0.4, 0.5) is 4.39 Å². The lowest BCUT2D eigenvalue weighted by molar-refractivity contribution is -0.141. The molecule has 0 radical (unpaired) electrons. The Balaban J connectivity index is 1.62. The van der Waals surface area contributed by atoms with Crippen LogP contribution in [0.5, 0.6) is 0 Å². The van der Waals surface area contributed by atoms with Crippen LogP contribution < -0.4 is 10.6 Å². The first kappa shape index (κ1) is 26.0. The van der Waals surface area contributed by atoms with E-state index in [-0.39, 0.29) is 25.4 Å². The first-order valence-corrected chi connectivity index (χ1v) is 11.3. The highest BCUT2D eigenvalue weighted by molar-refractivity contribution is 6.38. The Labute approximate surface area is 207 Å². The summed E-state index contributed by atoms with van der Waals surface area (Å²) >= 11 is 5.81. The van der Waals surface area contributed by atoms with Gasteiger partial charge in [0.15, 0.2) is 0 Å². The molecular weight excluding hydrogens is 473 g/mol. The quantitative estimate of drug-likeness (QED) is 0.396. The number of benzene rings is 2. The number of rotatable bonds is 11. The van der Waals surface area contributed by atoms with E-state index in [2.05, 4.69) is 15.6 Å². The minimum atomic E-state index is -1.10. The lowest BCUT2D eigenvalue weighted by Crippen LogP contribution is -2.51. The minimum absolute atomic E-state index is 0.0327. The van der Waals surface area contributed by atoms with E-state index in [9.17, 15) is 18.8 Å². The van der Waals surface area contributed by atoms with Crippen molar-refractivity contribution in [3.05, 3.63) is 101 Å². The van der Waals surface area contributed by atoms with E-state index in [4.69, 9.17) is 16.3 Å². The zero-order valence-corrected chi connectivity index (χ0v) is 19.8. The van der Waals surface area contributed by atoms with E-state index in [1.165, 1.54) is 25.3 Å². The molecule has 0 saturated carbocycles. The van der Waals surface area contributed by atoms with Crippen LogP contribution in [0.2, 0.25) is 5.02 Å². The van der Waals surface area contributed by atoms with Gasteiger partial charge < -0.3 is 15.4 Å². The molecule has 0 aliphatic rings. The number of nitrogens with one attached hydrogen (secondary N) is 2. The topological polar surface area (TPSA) is 97.4 Å². The van der Waals surface area contributed by atoms with Gasteiger partial charge in [-0.1, -0.05) is 54.1 Å². The minimum Gasteiger partial charge on any atom is -0.364 e. The molecule has 3 aromatic rings. The molecule has 2 atom stereocenters. The lowest BCUT2D eigenvalue weighted by atomic mass is 10.0. The van der Waals surface area contributed by atoms with Gasteiger partial charge in [0, 0.05) is 12.6 Å². The van der Waals surface area contributed by atoms with Crippen molar-refractivity contribution in [2.45, 2.75) is 38.6 Å². The summed E-state index contributed by atoms with van der Waals surface area (Å²) in [6.45, 7) is 1.65. The number of aromatic nitrogens is 1. The van der Waals surface area contributed by atoms with Gasteiger partial charge in [-0.25, -0.2) is 4.39 Å². The molecule has 3 rings (SSSR count). The van der Waals surface area contributed by atoms with Crippen LogP contribution in [0.1, 0.15) is 23.7 Å². The van der Waals surface area contributed by atoms with Gasteiger partial charge in [-0.3, -0.25) is 19.4 Å². The van der Waals surface area contributed by atoms with Crippen molar-refractivity contribution in [3.63, 3.8) is 0 Å². The maximum atomic E-state index is 13.1. The molecule has 2 amide bonds. The fraction of sp³-hybridized carbons (Fsp3) is 0.231. The van der Waals surface area contributed by atoms with Crippen LogP contribution in [0.3, 0.4) is 0 Å². The summed E-state index contributed by atoms with van der Waals surface area (Å²) in [4.78, 5) is 42.4. The maximum absolute atomic E-state index is 13.1. The fourth-order valence-electron chi connectivity index (χ4n) is 3.15. The monoisotopic (exact) mass is 497 g/mol. The Kier molecular flexibility index (Phi) is 9.46. The Bertz CT molecular complexity index is 1140. The maximum Gasteiger partial charge on any atom is 0.289 e. The van der Waals surface area contributed by atoms with Gasteiger partial charge in [-0.15, -0.1) is 0 Å². The molecule has 2 aromatic carbocycles. The predicted octanol–water partition coefficient (Wildman–Crippen LogP) is 3.39. The van der Waals surface area contributed by atoms with Gasteiger partial charge >= 0.3 is 0 Å². The molecule has 0 unspecified atom stereocenters. The van der Waals surface area contributed by atoms with Crippen molar-refractivity contribution in [1.29, 1.82) is 0 Å². The summed E-state index contributed by atoms with van der Waals surface area (Å²) in [7, 11) is 0. The average molecular weight is 498 g/mol. The molecule has 1 heterocycles. The number of pyridine rings is 1. The summed E-state index contributed by atoms with van der Waals surface area (Å²) in [6.07, 6.45) is 0.659. The van der Waals surface area contributed by atoms with Gasteiger partial charge in [-0.2, -0.15) is 0 Å². The Morgan fingerprint density at radius 1 is 1.00 bits per heavy atom. The number of ether oxygens (including phenoxy) is 1. The number of carbonyl (C=O) groups excluding carboxylic acids is 3. The summed E-state index contributed by atoms with van der Waals surface area (Å²) in [5, 5.41) is 5.62. The Morgan fingerprint density at radius 2 is 1.71 bits per heavy atom. The van der Waals surface area contributed by atoms with E-state index in [1.54, 1.807) is 48.5 Å². The van der Waals surface area contributed by atoms with Crippen molar-refractivity contribution in [2.75, 3.05) is 0 Å². The van der Waals surface area contributed by atoms with E-state index in [0.29, 0.717) is 16.3 Å². The highest BCUT2D eigenvalue weighted by Crippen LogP contribution is 2.09. The van der Waals surface area contributed by atoms with E-state index in [0.717, 1.165) is 5.56 Å². The van der Waals surface area contributed by atoms with E-state index >= 15 is 0 Å². The first-order chi connectivity index (χ1) is 16.8. The van der Waals surface area contributed by atoms with Crippen LogP contribution in [0.25, 0.3) is 0 Å². The third-order valence-electron chi connectivity index (χ3n) is 5.14. The highest BCUT2D eigenvalue weighted by atomic mass is 35.5. The van der Waals surface area contributed by atoms with Crippen LogP contribution in [0.15, 0.2) is 72.9 Å². The molecule has 1 aromatic heterocycles. The van der Waals surface area contributed by atoms with E-state index < -0.39 is 29.7 Å². The highest BCUT2D eigenvalue weighted by Gasteiger charge is 2.29. The third-order valence-corrected chi connectivity index (χ3v) is 5.36. The zero-order chi connectivity index (χ0) is 25.2. The number of hydrogen-bond donors (Lipinski definition) is 2. The second-order valence-corrected chi connectivity index (χ2v) is 8.28. The SMILES string of the molecule is C[C@@H](OCc1ccc(F)cc1)C(=O)N[C@H](Cc1ccccc1)C(=O)C(=O)NCc1ccc(Cl)cn1. The average Bonchev–Trinajstić information content (AvgIpc) is 2.87.